The summed E-state index contributed by atoms with van der Waals surface area (Å²) in [6.45, 7) is 7.38. The van der Waals surface area contributed by atoms with Crippen molar-refractivity contribution in [1.82, 2.24) is 5.32 Å². The summed E-state index contributed by atoms with van der Waals surface area (Å²) >= 11 is 0. The van der Waals surface area contributed by atoms with Gasteiger partial charge in [-0.25, -0.2) is 0 Å². The third-order valence-corrected chi connectivity index (χ3v) is 10.4. The second kappa shape index (κ2) is 8.54. The van der Waals surface area contributed by atoms with Gasteiger partial charge in [0, 0.05) is 24.3 Å². The zero-order valence-electron chi connectivity index (χ0n) is 19.7. The van der Waals surface area contributed by atoms with Crippen LogP contribution in [0, 0.1) is 51.8 Å². The van der Waals surface area contributed by atoms with E-state index in [2.05, 4.69) is 31.0 Å². The van der Waals surface area contributed by atoms with E-state index in [9.17, 15) is 14.7 Å². The zero-order chi connectivity index (χ0) is 22.3. The van der Waals surface area contributed by atoms with E-state index in [1.165, 1.54) is 25.7 Å². The van der Waals surface area contributed by atoms with Gasteiger partial charge in [-0.3, -0.25) is 9.59 Å². The van der Waals surface area contributed by atoms with Crippen LogP contribution in [0.15, 0.2) is 0 Å². The summed E-state index contributed by atoms with van der Waals surface area (Å²) in [5, 5.41) is 13.3. The highest BCUT2D eigenvalue weighted by atomic mass is 16.3. The minimum absolute atomic E-state index is 0.0871. The van der Waals surface area contributed by atoms with Gasteiger partial charge in [0.25, 0.3) is 0 Å². The SMILES string of the molecule is CC(=O)[C@H]1CC[C@H]2[C@@H]3CC[C@]4(C#CCCCNC=O)C[C@H](O)CC[C@]4(C)[C@H]3CC[C@]12C. The molecule has 0 unspecified atom stereocenters. The van der Waals surface area contributed by atoms with Gasteiger partial charge in [-0.1, -0.05) is 19.8 Å². The molecule has 0 aromatic carbocycles. The van der Waals surface area contributed by atoms with Gasteiger partial charge < -0.3 is 10.4 Å². The van der Waals surface area contributed by atoms with Crippen LogP contribution in [-0.2, 0) is 9.59 Å². The number of carbonyl (C=O) groups excluding carboxylic acids is 2. The summed E-state index contributed by atoms with van der Waals surface area (Å²) in [6.07, 6.45) is 11.9. The first-order valence-electron chi connectivity index (χ1n) is 12.6. The molecule has 4 aliphatic carbocycles. The molecular formula is C27H41NO3. The third-order valence-electron chi connectivity index (χ3n) is 10.4. The van der Waals surface area contributed by atoms with Crippen molar-refractivity contribution in [2.75, 3.05) is 6.54 Å². The Labute approximate surface area is 188 Å². The lowest BCUT2D eigenvalue weighted by atomic mass is 9.40. The predicted octanol–water partition coefficient (Wildman–Crippen LogP) is 4.50. The molecule has 0 bridgehead atoms. The highest BCUT2D eigenvalue weighted by molar-refractivity contribution is 5.79. The van der Waals surface area contributed by atoms with Gasteiger partial charge in [-0.2, -0.15) is 0 Å². The first-order valence-corrected chi connectivity index (χ1v) is 12.6. The van der Waals surface area contributed by atoms with Crippen molar-refractivity contribution in [3.05, 3.63) is 0 Å². The molecule has 0 spiro atoms. The summed E-state index contributed by atoms with van der Waals surface area (Å²) in [4.78, 5) is 22.8. The number of hydrogen-bond acceptors (Lipinski definition) is 3. The number of aliphatic hydroxyl groups is 1. The predicted molar refractivity (Wildman–Crippen MR) is 122 cm³/mol. The fourth-order valence-corrected chi connectivity index (χ4v) is 8.76. The molecule has 4 heteroatoms. The fourth-order valence-electron chi connectivity index (χ4n) is 8.76. The molecule has 4 fully saturated rings. The van der Waals surface area contributed by atoms with Gasteiger partial charge in [-0.15, -0.1) is 5.92 Å². The average molecular weight is 428 g/mol. The Hall–Kier alpha value is -1.34. The van der Waals surface area contributed by atoms with E-state index in [4.69, 9.17) is 0 Å². The Kier molecular flexibility index (Phi) is 6.29. The number of Topliss-reactive ketones (excluding diaryl/α,β-unsaturated/α-hetero) is 1. The number of rotatable bonds is 5. The second-order valence-electron chi connectivity index (χ2n) is 11.6. The molecule has 2 N–H and O–H groups in total. The van der Waals surface area contributed by atoms with E-state index in [1.54, 1.807) is 6.92 Å². The molecule has 0 radical (unpaired) electrons. The molecule has 4 saturated carbocycles. The molecule has 8 atom stereocenters. The zero-order valence-corrected chi connectivity index (χ0v) is 19.7. The molecular weight excluding hydrogens is 386 g/mol. The lowest BCUT2D eigenvalue weighted by Crippen LogP contribution is -2.59. The maximum absolute atomic E-state index is 12.4. The summed E-state index contributed by atoms with van der Waals surface area (Å²) in [6, 6.07) is 0. The first-order chi connectivity index (χ1) is 14.8. The van der Waals surface area contributed by atoms with E-state index in [0.29, 0.717) is 30.1 Å². The van der Waals surface area contributed by atoms with Crippen LogP contribution in [0.3, 0.4) is 0 Å². The van der Waals surface area contributed by atoms with Crippen LogP contribution in [-0.4, -0.2) is 29.9 Å². The second-order valence-corrected chi connectivity index (χ2v) is 11.6. The van der Waals surface area contributed by atoms with Crippen LogP contribution in [0.4, 0.5) is 0 Å². The van der Waals surface area contributed by atoms with Crippen LogP contribution in [0.1, 0.15) is 91.4 Å². The Balaban J connectivity index is 1.58. The van der Waals surface area contributed by atoms with Crippen molar-refractivity contribution in [2.24, 2.45) is 39.9 Å². The maximum atomic E-state index is 12.4. The van der Waals surface area contributed by atoms with E-state index in [1.807, 2.05) is 0 Å². The maximum Gasteiger partial charge on any atom is 0.207 e. The minimum Gasteiger partial charge on any atom is -0.393 e. The Bertz CT molecular complexity index is 768. The highest BCUT2D eigenvalue weighted by Crippen LogP contribution is 2.70. The number of ketones is 1. The molecule has 0 saturated heterocycles. The monoisotopic (exact) mass is 427 g/mol. The standard InChI is InChI=1S/C27H41NO3/c1-19(30)22-7-8-23-21-10-15-27(12-5-4-6-16-28-18-29)17-20(31)9-14-26(27,3)24(21)11-13-25(22,23)2/h18,20-24,31H,4,6-11,13-17H2,1-3H3,(H,28,29)/t20-,21+,22-,23+,24+,25-,26-,27-/m1/s1. The molecule has 0 aliphatic heterocycles. The number of hydrogen-bond donors (Lipinski definition) is 2. The van der Waals surface area contributed by atoms with Crippen LogP contribution >= 0.6 is 0 Å². The Morgan fingerprint density at radius 2 is 1.90 bits per heavy atom. The van der Waals surface area contributed by atoms with Crippen molar-refractivity contribution >= 4 is 12.2 Å². The number of nitrogens with one attached hydrogen (secondary N) is 1. The molecule has 4 aliphatic rings. The van der Waals surface area contributed by atoms with Crippen LogP contribution in [0.25, 0.3) is 0 Å². The number of unbranched alkanes of at least 4 members (excludes halogenated alkanes) is 1. The van der Waals surface area contributed by atoms with E-state index < -0.39 is 0 Å². The average Bonchev–Trinajstić information content (AvgIpc) is 3.09. The van der Waals surface area contributed by atoms with Gasteiger partial charge in [-0.05, 0) is 99.7 Å². The Morgan fingerprint density at radius 1 is 1.10 bits per heavy atom. The number of aliphatic hydroxyl groups excluding tert-OH is 1. The third kappa shape index (κ3) is 3.65. The molecule has 0 heterocycles. The first kappa shape index (κ1) is 22.8. The van der Waals surface area contributed by atoms with Gasteiger partial charge in [0.05, 0.1) is 6.10 Å². The molecule has 1 amide bonds. The minimum atomic E-state index is -0.238. The van der Waals surface area contributed by atoms with Gasteiger partial charge in [0.1, 0.15) is 5.78 Å². The van der Waals surface area contributed by atoms with E-state index >= 15 is 0 Å². The quantitative estimate of drug-likeness (QED) is 0.386. The molecule has 172 valence electrons. The number of amides is 1. The van der Waals surface area contributed by atoms with Gasteiger partial charge in [0.15, 0.2) is 0 Å². The van der Waals surface area contributed by atoms with Gasteiger partial charge >= 0.3 is 0 Å². The number of fused-ring (bicyclic) bond motifs is 5. The smallest absolute Gasteiger partial charge is 0.207 e. The summed E-state index contributed by atoms with van der Waals surface area (Å²) in [5.74, 6) is 9.88. The topological polar surface area (TPSA) is 66.4 Å². The lowest BCUT2D eigenvalue weighted by molar-refractivity contribution is -0.156. The lowest BCUT2D eigenvalue weighted by Gasteiger charge is -2.64. The van der Waals surface area contributed by atoms with Crippen LogP contribution < -0.4 is 5.32 Å². The molecule has 0 aromatic heterocycles. The Morgan fingerprint density at radius 3 is 2.65 bits per heavy atom. The molecule has 4 nitrogen and oxygen atoms in total. The van der Waals surface area contributed by atoms with Crippen molar-refractivity contribution in [2.45, 2.75) is 97.5 Å². The number of carbonyl (C=O) groups is 2. The van der Waals surface area contributed by atoms with Crippen molar-refractivity contribution in [3.8, 4) is 11.8 Å². The van der Waals surface area contributed by atoms with Gasteiger partial charge in [0.2, 0.25) is 6.41 Å². The summed E-state index contributed by atoms with van der Waals surface area (Å²) < 4.78 is 0. The van der Waals surface area contributed by atoms with E-state index in [0.717, 1.165) is 51.4 Å². The van der Waals surface area contributed by atoms with Crippen LogP contribution in [0.2, 0.25) is 0 Å². The molecule has 0 aromatic rings. The van der Waals surface area contributed by atoms with Crippen molar-refractivity contribution in [1.29, 1.82) is 0 Å². The summed E-state index contributed by atoms with van der Waals surface area (Å²) in [7, 11) is 0. The van der Waals surface area contributed by atoms with Crippen molar-refractivity contribution < 1.29 is 14.7 Å². The highest BCUT2D eigenvalue weighted by Gasteiger charge is 2.64. The van der Waals surface area contributed by atoms with E-state index in [-0.39, 0.29) is 28.3 Å². The molecule has 31 heavy (non-hydrogen) atoms. The van der Waals surface area contributed by atoms with Crippen molar-refractivity contribution in [3.63, 3.8) is 0 Å². The summed E-state index contributed by atoms with van der Waals surface area (Å²) in [5.41, 5.74) is 0.254. The normalized spacial score (nSPS) is 46.0. The van der Waals surface area contributed by atoms with Crippen LogP contribution in [0.5, 0.6) is 0 Å². The largest absolute Gasteiger partial charge is 0.393 e. The fraction of sp³-hybridized carbons (Fsp3) is 0.852. The molecule has 4 rings (SSSR count).